The fraction of sp³-hybridized carbons (Fsp3) is 0.333. The SMILES string of the molecule is CCO/C=C(\C#N)C(=O)[O-]. The molecule has 0 radical (unpaired) electrons. The summed E-state index contributed by atoms with van der Waals surface area (Å²) in [5.74, 6) is -1.52. The molecular formula is C6H6NO3-. The van der Waals surface area contributed by atoms with E-state index in [0.717, 1.165) is 6.26 Å². The molecule has 0 aromatic carbocycles. The van der Waals surface area contributed by atoms with Crippen molar-refractivity contribution in [3.05, 3.63) is 11.8 Å². The molecule has 0 bridgehead atoms. The van der Waals surface area contributed by atoms with E-state index in [4.69, 9.17) is 5.26 Å². The van der Waals surface area contributed by atoms with E-state index < -0.39 is 11.5 Å². The molecule has 0 unspecified atom stereocenters. The number of rotatable bonds is 3. The molecule has 0 aliphatic rings. The molecule has 0 aliphatic carbocycles. The van der Waals surface area contributed by atoms with Gasteiger partial charge in [0.1, 0.15) is 17.9 Å². The largest absolute Gasteiger partial charge is 0.544 e. The Morgan fingerprint density at radius 1 is 1.90 bits per heavy atom. The Kier molecular flexibility index (Phi) is 3.73. The lowest BCUT2D eigenvalue weighted by Crippen LogP contribution is -2.23. The van der Waals surface area contributed by atoms with Crippen LogP contribution in [0.25, 0.3) is 0 Å². The number of carboxylic acid groups (broad SMARTS) is 1. The summed E-state index contributed by atoms with van der Waals surface area (Å²) in [5.41, 5.74) is -0.498. The second-order valence-electron chi connectivity index (χ2n) is 1.39. The molecule has 0 aromatic heterocycles. The zero-order valence-electron chi connectivity index (χ0n) is 5.46. The maximum atomic E-state index is 9.95. The number of aliphatic carboxylic acids is 1. The topological polar surface area (TPSA) is 73.1 Å². The molecule has 0 aromatic rings. The summed E-state index contributed by atoms with van der Waals surface area (Å²) in [4.78, 5) is 9.95. The second-order valence-corrected chi connectivity index (χ2v) is 1.39. The fourth-order valence-electron chi connectivity index (χ4n) is 0.287. The highest BCUT2D eigenvalue weighted by molar-refractivity contribution is 5.88. The molecule has 54 valence electrons. The molecule has 0 N–H and O–H groups in total. The van der Waals surface area contributed by atoms with Crippen molar-refractivity contribution in [2.24, 2.45) is 0 Å². The van der Waals surface area contributed by atoms with Crippen molar-refractivity contribution in [3.8, 4) is 6.07 Å². The number of nitriles is 1. The van der Waals surface area contributed by atoms with E-state index in [-0.39, 0.29) is 0 Å². The van der Waals surface area contributed by atoms with Crippen LogP contribution in [0.2, 0.25) is 0 Å². The number of hydrogen-bond acceptors (Lipinski definition) is 4. The minimum absolute atomic E-state index is 0.332. The van der Waals surface area contributed by atoms with Gasteiger partial charge in [0, 0.05) is 0 Å². The highest BCUT2D eigenvalue weighted by Gasteiger charge is 1.93. The Labute approximate surface area is 58.3 Å². The van der Waals surface area contributed by atoms with E-state index in [1.165, 1.54) is 6.07 Å². The van der Waals surface area contributed by atoms with Gasteiger partial charge in [0.25, 0.3) is 0 Å². The van der Waals surface area contributed by atoms with Crippen LogP contribution in [-0.2, 0) is 9.53 Å². The van der Waals surface area contributed by atoms with E-state index in [1.54, 1.807) is 6.92 Å². The van der Waals surface area contributed by atoms with Gasteiger partial charge in [-0.3, -0.25) is 0 Å². The van der Waals surface area contributed by atoms with Gasteiger partial charge in [0.05, 0.1) is 12.6 Å². The number of nitrogens with zero attached hydrogens (tertiary/aromatic N) is 1. The number of ether oxygens (including phenoxy) is 1. The summed E-state index contributed by atoms with van der Waals surface area (Å²) in [6.07, 6.45) is 0.870. The molecule has 0 saturated carbocycles. The van der Waals surface area contributed by atoms with Crippen molar-refractivity contribution in [1.82, 2.24) is 0 Å². The second kappa shape index (κ2) is 4.39. The maximum Gasteiger partial charge on any atom is 0.109 e. The first-order chi connectivity index (χ1) is 4.72. The van der Waals surface area contributed by atoms with Crippen molar-refractivity contribution >= 4 is 5.97 Å². The van der Waals surface area contributed by atoms with Crippen LogP contribution in [0.1, 0.15) is 6.92 Å². The van der Waals surface area contributed by atoms with E-state index in [2.05, 4.69) is 4.74 Å². The first kappa shape index (κ1) is 8.50. The van der Waals surface area contributed by atoms with E-state index in [9.17, 15) is 9.90 Å². The number of carbonyl (C=O) groups excluding carboxylic acids is 1. The van der Waals surface area contributed by atoms with Gasteiger partial charge in [-0.1, -0.05) is 0 Å². The molecule has 0 saturated heterocycles. The Hall–Kier alpha value is -1.50. The predicted molar refractivity (Wildman–Crippen MR) is 30.3 cm³/mol. The van der Waals surface area contributed by atoms with Crippen LogP contribution in [0.3, 0.4) is 0 Å². The Morgan fingerprint density at radius 2 is 2.50 bits per heavy atom. The Morgan fingerprint density at radius 3 is 2.80 bits per heavy atom. The zero-order valence-corrected chi connectivity index (χ0v) is 5.46. The third-order valence-corrected chi connectivity index (χ3v) is 0.708. The minimum atomic E-state index is -1.52. The van der Waals surface area contributed by atoms with Gasteiger partial charge in [-0.15, -0.1) is 0 Å². The highest BCUT2D eigenvalue weighted by atomic mass is 16.5. The van der Waals surface area contributed by atoms with E-state index in [1.807, 2.05) is 0 Å². The van der Waals surface area contributed by atoms with E-state index >= 15 is 0 Å². The van der Waals surface area contributed by atoms with Crippen LogP contribution >= 0.6 is 0 Å². The van der Waals surface area contributed by atoms with Gasteiger partial charge in [-0.05, 0) is 6.92 Å². The monoisotopic (exact) mass is 140 g/mol. The molecule has 0 rings (SSSR count). The third kappa shape index (κ3) is 2.72. The van der Waals surface area contributed by atoms with Crippen molar-refractivity contribution in [2.45, 2.75) is 6.92 Å². The average Bonchev–Trinajstić information content (AvgIpc) is 1.89. The molecule has 10 heavy (non-hydrogen) atoms. The molecule has 4 heteroatoms. The lowest BCUT2D eigenvalue weighted by Gasteiger charge is -1.98. The summed E-state index contributed by atoms with van der Waals surface area (Å²) < 4.78 is 4.54. The van der Waals surface area contributed by atoms with Crippen LogP contribution in [0, 0.1) is 11.3 Å². The summed E-state index contributed by atoms with van der Waals surface area (Å²) in [5, 5.41) is 18.1. The first-order valence-corrected chi connectivity index (χ1v) is 2.65. The van der Waals surface area contributed by atoms with Crippen molar-refractivity contribution in [2.75, 3.05) is 6.61 Å². The average molecular weight is 140 g/mol. The zero-order chi connectivity index (χ0) is 7.98. The first-order valence-electron chi connectivity index (χ1n) is 2.65. The van der Waals surface area contributed by atoms with E-state index in [0.29, 0.717) is 6.61 Å². The van der Waals surface area contributed by atoms with Crippen molar-refractivity contribution in [3.63, 3.8) is 0 Å². The summed E-state index contributed by atoms with van der Waals surface area (Å²) in [6, 6.07) is 1.41. The van der Waals surface area contributed by atoms with Crippen molar-refractivity contribution in [1.29, 1.82) is 5.26 Å². The van der Waals surface area contributed by atoms with Crippen LogP contribution < -0.4 is 5.11 Å². The van der Waals surface area contributed by atoms with Gasteiger partial charge >= 0.3 is 0 Å². The van der Waals surface area contributed by atoms with Gasteiger partial charge in [0.15, 0.2) is 0 Å². The summed E-state index contributed by atoms with van der Waals surface area (Å²) in [6.45, 7) is 2.01. The highest BCUT2D eigenvalue weighted by Crippen LogP contribution is 1.89. The maximum absolute atomic E-state index is 9.95. The molecule has 0 heterocycles. The number of carbonyl (C=O) groups is 1. The van der Waals surface area contributed by atoms with Crippen LogP contribution in [0.5, 0.6) is 0 Å². The van der Waals surface area contributed by atoms with Gasteiger partial charge < -0.3 is 14.6 Å². The molecule has 4 nitrogen and oxygen atoms in total. The Bertz CT molecular complexity index is 190. The van der Waals surface area contributed by atoms with Gasteiger partial charge in [-0.25, -0.2) is 0 Å². The molecule has 0 fully saturated rings. The van der Waals surface area contributed by atoms with Crippen molar-refractivity contribution < 1.29 is 14.6 Å². The quantitative estimate of drug-likeness (QED) is 0.291. The Balaban J connectivity index is 4.09. The fourth-order valence-corrected chi connectivity index (χ4v) is 0.287. The number of carboxylic acids is 1. The minimum Gasteiger partial charge on any atom is -0.544 e. The number of hydrogen-bond donors (Lipinski definition) is 0. The summed E-state index contributed by atoms with van der Waals surface area (Å²) >= 11 is 0. The lowest BCUT2D eigenvalue weighted by molar-refractivity contribution is -0.298. The molecular weight excluding hydrogens is 134 g/mol. The van der Waals surface area contributed by atoms with Crippen LogP contribution in [-0.4, -0.2) is 12.6 Å². The molecule has 0 amide bonds. The summed E-state index contributed by atoms with van der Waals surface area (Å²) in [7, 11) is 0. The van der Waals surface area contributed by atoms with Crippen LogP contribution in [0.15, 0.2) is 11.8 Å². The molecule has 0 spiro atoms. The predicted octanol–water partition coefficient (Wildman–Crippen LogP) is -0.820. The van der Waals surface area contributed by atoms with Crippen LogP contribution in [0.4, 0.5) is 0 Å². The standard InChI is InChI=1S/C6H7NO3/c1-2-10-4-5(3-7)6(8)9/h4H,2H2,1H3,(H,8,9)/p-1/b5-4+. The third-order valence-electron chi connectivity index (χ3n) is 0.708. The lowest BCUT2D eigenvalue weighted by atomic mass is 10.3. The smallest absolute Gasteiger partial charge is 0.109 e. The molecule has 0 atom stereocenters. The normalized spacial score (nSPS) is 10.2. The van der Waals surface area contributed by atoms with Gasteiger partial charge in [-0.2, -0.15) is 5.26 Å². The van der Waals surface area contributed by atoms with Gasteiger partial charge in [0.2, 0.25) is 0 Å². The molecule has 0 aliphatic heterocycles.